The molecule has 0 aliphatic heterocycles. The quantitative estimate of drug-likeness (QED) is 0.118. The van der Waals surface area contributed by atoms with Gasteiger partial charge in [0.25, 0.3) is 0 Å². The number of aromatic nitrogens is 3. The summed E-state index contributed by atoms with van der Waals surface area (Å²) in [6, 6.07) is 28.2. The van der Waals surface area contributed by atoms with E-state index in [1.165, 1.54) is 69.8 Å². The third-order valence-corrected chi connectivity index (χ3v) is 14.6. The third-order valence-electron chi connectivity index (χ3n) is 10.3. The first-order valence-electron chi connectivity index (χ1n) is 18.0. The molecule has 4 heterocycles. The number of para-hydroxylation sites is 1. The zero-order valence-electron chi connectivity index (χ0n) is 29.1. The van der Waals surface area contributed by atoms with Crippen LogP contribution in [0.3, 0.4) is 0 Å². The Morgan fingerprint density at radius 2 is 1.45 bits per heavy atom. The van der Waals surface area contributed by atoms with Gasteiger partial charge in [-0.05, 0) is 36.4 Å². The summed E-state index contributed by atoms with van der Waals surface area (Å²) < 4.78 is 7.55. The van der Waals surface area contributed by atoms with E-state index in [1.807, 2.05) is 48.7 Å². The molecule has 0 unspecified atom stereocenters. The smallest absolute Gasteiger partial charge is 0.125 e. The molecule has 0 saturated heterocycles. The van der Waals surface area contributed by atoms with Crippen molar-refractivity contribution in [3.8, 4) is 22.5 Å². The number of hydrogen-bond donors (Lipinski definition) is 0. The van der Waals surface area contributed by atoms with E-state index < -0.39 is 13.3 Å². The molecule has 2 fully saturated rings. The van der Waals surface area contributed by atoms with Gasteiger partial charge in [-0.25, -0.2) is 0 Å². The minimum absolute atomic E-state index is 0. The molecule has 0 bridgehead atoms. The summed E-state index contributed by atoms with van der Waals surface area (Å²) >= 11 is -1.87. The Hall–Kier alpha value is -3.12. The predicted octanol–water partition coefficient (Wildman–Crippen LogP) is 10.8. The van der Waals surface area contributed by atoms with Gasteiger partial charge in [-0.1, -0.05) is 68.0 Å². The second-order valence-corrected chi connectivity index (χ2v) is 25.5. The summed E-state index contributed by atoms with van der Waals surface area (Å²) in [6.07, 6.45) is 22.2. The van der Waals surface area contributed by atoms with Gasteiger partial charge >= 0.3 is 137 Å². The molecule has 6 heteroatoms. The zero-order chi connectivity index (χ0) is 32.9. The fourth-order valence-electron chi connectivity index (χ4n) is 7.71. The number of rotatable bonds is 7. The number of benzene rings is 2. The van der Waals surface area contributed by atoms with E-state index in [1.54, 1.807) is 9.96 Å². The molecular weight excluding hydrogens is 839 g/mol. The number of nitrogens with zero attached hydrogens (tertiary/aromatic N) is 3. The Kier molecular flexibility index (Phi) is 11.9. The van der Waals surface area contributed by atoms with Crippen molar-refractivity contribution in [2.45, 2.75) is 87.9 Å². The van der Waals surface area contributed by atoms with Crippen molar-refractivity contribution in [3.05, 3.63) is 109 Å². The normalized spacial score (nSPS) is 15.6. The largest absolute Gasteiger partial charge is 0.475 e. The van der Waals surface area contributed by atoms with Gasteiger partial charge < -0.3 is 14.4 Å². The first kappa shape index (κ1) is 35.7. The first-order valence-corrected chi connectivity index (χ1v) is 25.4. The monoisotopic (exact) mass is 888 g/mol. The van der Waals surface area contributed by atoms with Gasteiger partial charge in [0, 0.05) is 37.2 Å². The molecule has 0 spiro atoms. The van der Waals surface area contributed by atoms with Crippen LogP contribution in [0.2, 0.25) is 17.3 Å². The molecule has 6 aromatic rings. The first-order chi connectivity index (χ1) is 23.4. The van der Waals surface area contributed by atoms with Gasteiger partial charge in [-0.3, -0.25) is 0 Å². The van der Waals surface area contributed by atoms with Crippen LogP contribution in [0.5, 0.6) is 0 Å². The Bertz CT molecular complexity index is 1970. The molecule has 2 aliphatic rings. The van der Waals surface area contributed by atoms with E-state index in [0.29, 0.717) is 0 Å². The van der Waals surface area contributed by atoms with Gasteiger partial charge in [0.2, 0.25) is 0 Å². The molecule has 2 saturated carbocycles. The summed E-state index contributed by atoms with van der Waals surface area (Å²) in [6.45, 7) is 0. The maximum atomic E-state index is 5.96. The van der Waals surface area contributed by atoms with E-state index in [2.05, 4.69) is 76.0 Å². The van der Waals surface area contributed by atoms with Crippen molar-refractivity contribution in [2.75, 3.05) is 0 Å². The van der Waals surface area contributed by atoms with Crippen molar-refractivity contribution in [1.29, 1.82) is 0 Å². The van der Waals surface area contributed by atoms with E-state index >= 15 is 0 Å². The van der Waals surface area contributed by atoms with E-state index in [4.69, 9.17) is 9.40 Å². The van der Waals surface area contributed by atoms with Crippen LogP contribution in [-0.4, -0.2) is 28.2 Å². The van der Waals surface area contributed by atoms with Crippen molar-refractivity contribution in [3.63, 3.8) is 0 Å². The summed E-state index contributed by atoms with van der Waals surface area (Å²) in [5.74, 6) is 9.13. The summed E-state index contributed by atoms with van der Waals surface area (Å²) in [5, 5.41) is 1.03. The average Bonchev–Trinajstić information content (AvgIpc) is 3.76. The minimum atomic E-state index is -1.87. The number of hydrogen-bond acceptors (Lipinski definition) is 4. The average molecular weight is 887 g/mol. The number of fused-ring (bicyclic) bond motifs is 3. The fraction of sp³-hybridized carbons (Fsp3) is 0.372. The molecule has 0 amide bonds. The van der Waals surface area contributed by atoms with Crippen LogP contribution in [0.1, 0.15) is 68.9 Å². The standard InChI is InChI=1S/C23H21N2O.C20H26GeN.Ir/c1-2-6-16(7-3-1)12-17-10-11-24-20(13-17)18-14-22-23(25-15-18)19-8-4-5-9-21(19)26-22;1-21(2,3)19-15-22-20(17-11-5-4-6-12-17)14-18(19)13-16-9-7-8-10-16;/h4-5,8-11,13-14,16H,1-3,6-7,12H2;4-6,11,14-16H,7-10,13H2,1-3H3;/q2*-1;. The molecule has 8 rings (SSSR count). The summed E-state index contributed by atoms with van der Waals surface area (Å²) in [5.41, 5.74) is 9.46. The van der Waals surface area contributed by atoms with Gasteiger partial charge in [-0.2, -0.15) is 0 Å². The van der Waals surface area contributed by atoms with Crippen LogP contribution in [-0.2, 0) is 32.9 Å². The fourth-order valence-corrected chi connectivity index (χ4v) is 11.0. The molecule has 2 aromatic carbocycles. The van der Waals surface area contributed by atoms with Crippen LogP contribution in [0.4, 0.5) is 0 Å². The van der Waals surface area contributed by atoms with Crippen LogP contribution in [0.15, 0.2) is 89.6 Å². The Labute approximate surface area is 308 Å². The molecule has 0 atom stereocenters. The Balaban J connectivity index is 0.000000169. The molecule has 0 N–H and O–H groups in total. The Morgan fingerprint density at radius 3 is 2.20 bits per heavy atom. The molecule has 255 valence electrons. The maximum absolute atomic E-state index is 5.96. The van der Waals surface area contributed by atoms with E-state index in [0.717, 1.165) is 62.8 Å². The van der Waals surface area contributed by atoms with Crippen LogP contribution in [0, 0.1) is 24.1 Å². The molecule has 1 radical (unpaired) electrons. The van der Waals surface area contributed by atoms with Crippen molar-refractivity contribution in [1.82, 2.24) is 15.0 Å². The topological polar surface area (TPSA) is 51.8 Å². The van der Waals surface area contributed by atoms with Crippen LogP contribution < -0.4 is 4.40 Å². The van der Waals surface area contributed by atoms with Crippen LogP contribution in [0.25, 0.3) is 44.6 Å². The second kappa shape index (κ2) is 16.3. The molecule has 4 nitrogen and oxygen atoms in total. The van der Waals surface area contributed by atoms with Crippen molar-refractivity contribution in [2.24, 2.45) is 11.8 Å². The van der Waals surface area contributed by atoms with Gasteiger partial charge in [0.1, 0.15) is 5.58 Å². The maximum Gasteiger partial charge on any atom is 0.125 e. The molecular formula is C43H47GeIrN3O-2. The number of pyridine rings is 3. The number of furan rings is 1. The van der Waals surface area contributed by atoms with Crippen LogP contribution >= 0.6 is 0 Å². The molecule has 2 aliphatic carbocycles. The van der Waals surface area contributed by atoms with E-state index in [9.17, 15) is 0 Å². The van der Waals surface area contributed by atoms with Gasteiger partial charge in [-0.15, -0.1) is 5.56 Å². The zero-order valence-corrected chi connectivity index (χ0v) is 33.6. The SMILES string of the molecule is [CH3][Ge]([CH3])([CH3])[c]1cnc(-c2[c-]cccc2)cc1CC1CCCC1.[Ir].[c-]1nc2c(cc1-c1cc(CC3CCCCC3)ccn1)oc1ccccc12. The third kappa shape index (κ3) is 8.79. The van der Waals surface area contributed by atoms with Crippen molar-refractivity contribution < 1.29 is 24.5 Å². The summed E-state index contributed by atoms with van der Waals surface area (Å²) in [4.78, 5) is 13.8. The molecule has 4 aromatic heterocycles. The second-order valence-electron chi connectivity index (χ2n) is 15.0. The predicted molar refractivity (Wildman–Crippen MR) is 201 cm³/mol. The van der Waals surface area contributed by atoms with Gasteiger partial charge in [0.15, 0.2) is 0 Å². The van der Waals surface area contributed by atoms with E-state index in [-0.39, 0.29) is 20.1 Å². The summed E-state index contributed by atoms with van der Waals surface area (Å²) in [7, 11) is 0. The van der Waals surface area contributed by atoms with Crippen molar-refractivity contribution >= 4 is 39.7 Å². The minimum Gasteiger partial charge on any atom is -0.475 e. The Morgan fingerprint density at radius 1 is 0.735 bits per heavy atom. The van der Waals surface area contributed by atoms with Gasteiger partial charge in [0.05, 0.1) is 5.58 Å². The molecule has 49 heavy (non-hydrogen) atoms.